The van der Waals surface area contributed by atoms with Gasteiger partial charge in [0.15, 0.2) is 0 Å². The van der Waals surface area contributed by atoms with Crippen LogP contribution in [-0.2, 0) is 30.0 Å². The minimum absolute atomic E-state index is 0.0463. The smallest absolute Gasteiger partial charge is 0.416 e. The van der Waals surface area contributed by atoms with Crippen molar-refractivity contribution in [2.24, 2.45) is 0 Å². The Balaban J connectivity index is 1.57. The number of hydrogen-bond acceptors (Lipinski definition) is 3. The highest BCUT2D eigenvalue weighted by molar-refractivity contribution is 6.00. The second-order valence-corrected chi connectivity index (χ2v) is 11.5. The van der Waals surface area contributed by atoms with E-state index in [1.807, 2.05) is 0 Å². The quantitative estimate of drug-likeness (QED) is 0.143. The summed E-state index contributed by atoms with van der Waals surface area (Å²) in [7, 11) is 2.96. The lowest BCUT2D eigenvalue weighted by Crippen LogP contribution is -2.24. The first-order valence-corrected chi connectivity index (χ1v) is 15.0. The van der Waals surface area contributed by atoms with Crippen LogP contribution in [0, 0.1) is 0 Å². The fourth-order valence-corrected chi connectivity index (χ4v) is 6.37. The summed E-state index contributed by atoms with van der Waals surface area (Å²) < 4.78 is 94.3. The summed E-state index contributed by atoms with van der Waals surface area (Å²) in [5, 5.41) is 0.430. The summed E-state index contributed by atoms with van der Waals surface area (Å²) in [6, 6.07) is 20.6. The van der Waals surface area contributed by atoms with Crippen LogP contribution < -0.4 is 9.47 Å². The summed E-state index contributed by atoms with van der Waals surface area (Å²) in [4.78, 5) is 21.2. The first-order valence-electron chi connectivity index (χ1n) is 15.0. The number of ketones is 1. The molecule has 2 aromatic heterocycles. The van der Waals surface area contributed by atoms with Crippen molar-refractivity contribution in [1.29, 1.82) is 0 Å². The number of benzene rings is 4. The van der Waals surface area contributed by atoms with Gasteiger partial charge in [0.2, 0.25) is 0 Å². The molecule has 48 heavy (non-hydrogen) atoms. The van der Waals surface area contributed by atoms with Crippen LogP contribution in [0.1, 0.15) is 45.2 Å². The van der Waals surface area contributed by atoms with Crippen molar-refractivity contribution in [3.8, 4) is 11.5 Å². The molecule has 0 fully saturated rings. The minimum Gasteiger partial charge on any atom is -0.496 e. The average molecular weight is 665 g/mol. The van der Waals surface area contributed by atoms with E-state index in [1.54, 1.807) is 48.5 Å². The van der Waals surface area contributed by atoms with Crippen molar-refractivity contribution in [2.45, 2.75) is 37.0 Å². The normalized spacial score (nSPS) is 13.5. The Labute approximate surface area is 271 Å². The third-order valence-electron chi connectivity index (χ3n) is 8.75. The van der Waals surface area contributed by atoms with Gasteiger partial charge in [-0.2, -0.15) is 26.3 Å². The SMILES string of the molecule is COc1ccccc1CC(C(=O)C(Cc1ccccc1OC)c1c[nH]c2ccc(C(F)(F)F)cc12)c1c[nH]c2ccc(C(F)(F)F)cc12. The molecule has 0 aliphatic rings. The Hall–Kier alpha value is -5.19. The number of para-hydroxylation sites is 2. The fourth-order valence-electron chi connectivity index (χ4n) is 6.37. The van der Waals surface area contributed by atoms with Gasteiger partial charge < -0.3 is 19.4 Å². The van der Waals surface area contributed by atoms with E-state index in [-0.39, 0.29) is 23.6 Å². The molecule has 6 rings (SSSR count). The number of carbonyl (C=O) groups excluding carboxylic acids is 1. The molecule has 0 amide bonds. The van der Waals surface area contributed by atoms with Crippen LogP contribution in [0.2, 0.25) is 0 Å². The molecule has 0 aliphatic carbocycles. The van der Waals surface area contributed by atoms with Gasteiger partial charge in [0, 0.05) is 46.0 Å². The molecule has 0 radical (unpaired) electrons. The van der Waals surface area contributed by atoms with Crippen molar-refractivity contribution >= 4 is 27.6 Å². The highest BCUT2D eigenvalue weighted by Crippen LogP contribution is 2.42. The summed E-state index contributed by atoms with van der Waals surface area (Å²) in [6.07, 6.45) is -6.11. The molecule has 0 saturated carbocycles. The predicted molar refractivity (Wildman–Crippen MR) is 170 cm³/mol. The number of H-pyrrole nitrogens is 2. The van der Waals surface area contributed by atoms with E-state index in [0.29, 0.717) is 44.8 Å². The van der Waals surface area contributed by atoms with Crippen molar-refractivity contribution < 1.29 is 40.6 Å². The molecule has 2 atom stereocenters. The number of fused-ring (bicyclic) bond motifs is 2. The van der Waals surface area contributed by atoms with Gasteiger partial charge in [0.05, 0.1) is 25.3 Å². The molecule has 4 aromatic carbocycles. The first kappa shape index (κ1) is 32.7. The lowest BCUT2D eigenvalue weighted by Gasteiger charge is -2.24. The summed E-state index contributed by atoms with van der Waals surface area (Å²) >= 11 is 0. The maximum atomic E-state index is 15.1. The Morgan fingerprint density at radius 1 is 0.625 bits per heavy atom. The molecular formula is C37H30F6N2O3. The van der Waals surface area contributed by atoms with Gasteiger partial charge in [0.25, 0.3) is 0 Å². The van der Waals surface area contributed by atoms with Gasteiger partial charge in [-0.1, -0.05) is 36.4 Å². The van der Waals surface area contributed by atoms with E-state index in [1.165, 1.54) is 38.7 Å². The Bertz CT molecular complexity index is 1950. The number of nitrogens with one attached hydrogen (secondary N) is 2. The lowest BCUT2D eigenvalue weighted by molar-refractivity contribution is -0.138. The van der Waals surface area contributed by atoms with Gasteiger partial charge in [-0.25, -0.2) is 0 Å². The van der Waals surface area contributed by atoms with Gasteiger partial charge in [0.1, 0.15) is 17.3 Å². The number of rotatable bonds is 10. The van der Waals surface area contributed by atoms with E-state index >= 15 is 4.79 Å². The molecule has 0 aliphatic heterocycles. The zero-order chi connectivity index (χ0) is 34.2. The molecule has 2 heterocycles. The topological polar surface area (TPSA) is 67.1 Å². The van der Waals surface area contributed by atoms with Crippen molar-refractivity contribution in [1.82, 2.24) is 9.97 Å². The van der Waals surface area contributed by atoms with E-state index in [0.717, 1.165) is 24.3 Å². The number of aromatic nitrogens is 2. The van der Waals surface area contributed by atoms with Crippen LogP contribution in [-0.4, -0.2) is 30.0 Å². The first-order chi connectivity index (χ1) is 22.9. The molecule has 11 heteroatoms. The molecule has 0 bridgehead atoms. The molecule has 2 N–H and O–H groups in total. The molecule has 0 spiro atoms. The monoisotopic (exact) mass is 664 g/mol. The van der Waals surface area contributed by atoms with Gasteiger partial charge in [-0.3, -0.25) is 4.79 Å². The second kappa shape index (κ2) is 12.8. The highest BCUT2D eigenvalue weighted by Gasteiger charge is 2.37. The molecule has 6 aromatic rings. The predicted octanol–water partition coefficient (Wildman–Crippen LogP) is 9.63. The van der Waals surface area contributed by atoms with E-state index in [2.05, 4.69) is 9.97 Å². The second-order valence-electron chi connectivity index (χ2n) is 11.5. The maximum absolute atomic E-state index is 15.1. The van der Waals surface area contributed by atoms with Crippen LogP contribution in [0.4, 0.5) is 26.3 Å². The van der Waals surface area contributed by atoms with Gasteiger partial charge in [-0.15, -0.1) is 0 Å². The van der Waals surface area contributed by atoms with Gasteiger partial charge in [-0.05, 0) is 83.6 Å². The molecule has 5 nitrogen and oxygen atoms in total. The standard InChI is InChI=1S/C37H30F6N2O3/c1-47-33-9-5-3-7-21(33)15-27(29-19-44-31-13-11-23(17-25(29)31)36(38,39)40)35(46)28(16-22-8-4-6-10-34(22)48-2)30-20-45-32-14-12-24(18-26(30)32)37(41,42)43/h3-14,17-20,27-28,44-45H,15-16H2,1-2H3. The fraction of sp³-hybridized carbons (Fsp3) is 0.216. The summed E-state index contributed by atoms with van der Waals surface area (Å²) in [5.74, 6) is -1.50. The number of carbonyl (C=O) groups is 1. The van der Waals surface area contributed by atoms with Crippen molar-refractivity contribution in [3.63, 3.8) is 0 Å². The van der Waals surface area contributed by atoms with Crippen LogP contribution in [0.5, 0.6) is 11.5 Å². The van der Waals surface area contributed by atoms with Crippen molar-refractivity contribution in [3.05, 3.63) is 131 Å². The van der Waals surface area contributed by atoms with Crippen LogP contribution >= 0.6 is 0 Å². The Morgan fingerprint density at radius 3 is 1.40 bits per heavy atom. The zero-order valence-electron chi connectivity index (χ0n) is 25.8. The summed E-state index contributed by atoms with van der Waals surface area (Å²) in [6.45, 7) is 0. The van der Waals surface area contributed by atoms with Crippen LogP contribution in [0.25, 0.3) is 21.8 Å². The Kier molecular flexibility index (Phi) is 8.72. The van der Waals surface area contributed by atoms with E-state index in [9.17, 15) is 26.3 Å². The largest absolute Gasteiger partial charge is 0.496 e. The van der Waals surface area contributed by atoms with Crippen LogP contribution in [0.3, 0.4) is 0 Å². The minimum atomic E-state index is -4.63. The van der Waals surface area contributed by atoms with E-state index < -0.39 is 41.1 Å². The van der Waals surface area contributed by atoms with Gasteiger partial charge >= 0.3 is 12.4 Å². The number of alkyl halides is 6. The molecule has 0 saturated heterocycles. The molecule has 248 valence electrons. The maximum Gasteiger partial charge on any atom is 0.416 e. The number of methoxy groups -OCH3 is 2. The number of Topliss-reactive ketones (excluding diaryl/α,β-unsaturated/α-hetero) is 1. The zero-order valence-corrected chi connectivity index (χ0v) is 25.8. The third-order valence-corrected chi connectivity index (χ3v) is 8.75. The number of aromatic amines is 2. The number of halogens is 6. The third kappa shape index (κ3) is 6.36. The molecular weight excluding hydrogens is 634 g/mol. The summed E-state index contributed by atoms with van der Waals surface area (Å²) in [5.41, 5.74) is 0.976. The van der Waals surface area contributed by atoms with Crippen LogP contribution in [0.15, 0.2) is 97.3 Å². The number of hydrogen-bond donors (Lipinski definition) is 2. The highest BCUT2D eigenvalue weighted by atomic mass is 19.4. The molecule has 2 unspecified atom stereocenters. The van der Waals surface area contributed by atoms with E-state index in [4.69, 9.17) is 9.47 Å². The average Bonchev–Trinajstić information content (AvgIpc) is 3.69. The Morgan fingerprint density at radius 2 is 1.02 bits per heavy atom. The lowest BCUT2D eigenvalue weighted by atomic mass is 9.77. The van der Waals surface area contributed by atoms with Crippen molar-refractivity contribution in [2.75, 3.05) is 14.2 Å². The number of ether oxygens (including phenoxy) is 2.